The Bertz CT molecular complexity index is 774. The monoisotopic (exact) mass is 381 g/mol. The molecule has 28 heavy (non-hydrogen) atoms. The van der Waals surface area contributed by atoms with E-state index in [4.69, 9.17) is 0 Å². The van der Waals surface area contributed by atoms with Gasteiger partial charge in [0.25, 0.3) is 0 Å². The summed E-state index contributed by atoms with van der Waals surface area (Å²) in [5.41, 5.74) is 3.56. The molecule has 0 saturated carbocycles. The van der Waals surface area contributed by atoms with Gasteiger partial charge in [0, 0.05) is 43.4 Å². The number of hydrogen-bond donors (Lipinski definition) is 0. The molecule has 5 nitrogen and oxygen atoms in total. The molecule has 0 atom stereocenters. The standard InChI is InChI=1S/C9H13N.C7H12N2.C7H10N2/c1-7(2)9-5-4-8(3)10-6-9;1-6(2)7-4-5-9(3)8-7;1-6(2)7-8-4-3-5-9-7/h4-7H,1-3H3;4-6H,1-3H3;3-6H,1-2H3. The van der Waals surface area contributed by atoms with Crippen LogP contribution in [0.3, 0.4) is 0 Å². The van der Waals surface area contributed by atoms with Crippen molar-refractivity contribution in [2.75, 3.05) is 0 Å². The van der Waals surface area contributed by atoms with Gasteiger partial charge in [-0.2, -0.15) is 5.10 Å². The fraction of sp³-hybridized carbons (Fsp3) is 0.478. The second-order valence-electron chi connectivity index (χ2n) is 7.72. The van der Waals surface area contributed by atoms with E-state index in [-0.39, 0.29) is 0 Å². The van der Waals surface area contributed by atoms with Gasteiger partial charge in [0.1, 0.15) is 5.82 Å². The van der Waals surface area contributed by atoms with Crippen LogP contribution < -0.4 is 0 Å². The summed E-state index contributed by atoms with van der Waals surface area (Å²) in [6.07, 6.45) is 7.44. The minimum Gasteiger partial charge on any atom is -0.276 e. The predicted molar refractivity (Wildman–Crippen MR) is 116 cm³/mol. The van der Waals surface area contributed by atoms with Crippen LogP contribution in [0, 0.1) is 6.92 Å². The molecule has 0 aromatic carbocycles. The van der Waals surface area contributed by atoms with Gasteiger partial charge in [-0.3, -0.25) is 9.67 Å². The van der Waals surface area contributed by atoms with Crippen LogP contribution in [0.5, 0.6) is 0 Å². The molecule has 0 aliphatic rings. The topological polar surface area (TPSA) is 56.5 Å². The second kappa shape index (κ2) is 12.0. The highest BCUT2D eigenvalue weighted by Crippen LogP contribution is 2.12. The Morgan fingerprint density at radius 2 is 1.43 bits per heavy atom. The molecule has 0 bridgehead atoms. The molecule has 3 heterocycles. The van der Waals surface area contributed by atoms with Gasteiger partial charge in [-0.25, -0.2) is 9.97 Å². The Labute approximate surface area is 170 Å². The summed E-state index contributed by atoms with van der Waals surface area (Å²) in [6.45, 7) is 14.8. The maximum Gasteiger partial charge on any atom is 0.130 e. The van der Waals surface area contributed by atoms with Crippen LogP contribution in [0.1, 0.15) is 82.1 Å². The molecule has 0 spiro atoms. The molecule has 0 N–H and O–H groups in total. The van der Waals surface area contributed by atoms with E-state index in [0.29, 0.717) is 17.8 Å². The first-order valence-electron chi connectivity index (χ1n) is 9.89. The van der Waals surface area contributed by atoms with Gasteiger partial charge in [0.15, 0.2) is 0 Å². The van der Waals surface area contributed by atoms with E-state index in [1.807, 2.05) is 43.2 Å². The number of nitrogens with zero attached hydrogens (tertiary/aromatic N) is 5. The van der Waals surface area contributed by atoms with E-state index in [0.717, 1.165) is 17.2 Å². The van der Waals surface area contributed by atoms with Crippen molar-refractivity contribution in [2.45, 2.75) is 66.2 Å². The first-order valence-corrected chi connectivity index (χ1v) is 9.89. The third-order valence-corrected chi connectivity index (χ3v) is 4.03. The number of rotatable bonds is 3. The average molecular weight is 382 g/mol. The fourth-order valence-corrected chi connectivity index (χ4v) is 2.17. The van der Waals surface area contributed by atoms with E-state index in [1.54, 1.807) is 12.4 Å². The number of pyridine rings is 1. The van der Waals surface area contributed by atoms with Crippen molar-refractivity contribution >= 4 is 0 Å². The molecule has 0 radical (unpaired) electrons. The SMILES string of the molecule is CC(C)c1ccn(C)n1.CC(C)c1ncccn1.Cc1ccc(C(C)C)cn1. The molecule has 0 fully saturated rings. The molecular formula is C23H35N5. The highest BCUT2D eigenvalue weighted by molar-refractivity contribution is 5.16. The number of aryl methyl sites for hydroxylation is 2. The van der Waals surface area contributed by atoms with Crippen LogP contribution in [-0.4, -0.2) is 24.7 Å². The molecule has 0 unspecified atom stereocenters. The van der Waals surface area contributed by atoms with Crippen molar-refractivity contribution < 1.29 is 0 Å². The normalized spacial score (nSPS) is 10.4. The van der Waals surface area contributed by atoms with E-state index >= 15 is 0 Å². The lowest BCUT2D eigenvalue weighted by atomic mass is 10.1. The summed E-state index contributed by atoms with van der Waals surface area (Å²) in [7, 11) is 1.94. The van der Waals surface area contributed by atoms with Crippen molar-refractivity contribution in [3.05, 3.63) is 71.8 Å². The highest BCUT2D eigenvalue weighted by atomic mass is 15.2. The van der Waals surface area contributed by atoms with Gasteiger partial charge >= 0.3 is 0 Å². The van der Waals surface area contributed by atoms with Crippen molar-refractivity contribution in [1.82, 2.24) is 24.7 Å². The van der Waals surface area contributed by atoms with Crippen LogP contribution in [0.15, 0.2) is 49.1 Å². The summed E-state index contributed by atoms with van der Waals surface area (Å²) >= 11 is 0. The Morgan fingerprint density at radius 1 is 0.786 bits per heavy atom. The third kappa shape index (κ3) is 8.89. The van der Waals surface area contributed by atoms with Gasteiger partial charge in [0.2, 0.25) is 0 Å². The van der Waals surface area contributed by atoms with E-state index < -0.39 is 0 Å². The Hall–Kier alpha value is -2.56. The zero-order valence-electron chi connectivity index (χ0n) is 18.6. The minimum absolute atomic E-state index is 0.436. The first kappa shape index (κ1) is 23.5. The molecule has 3 rings (SSSR count). The van der Waals surface area contributed by atoms with Crippen LogP contribution in [0.2, 0.25) is 0 Å². The van der Waals surface area contributed by atoms with Gasteiger partial charge in [0.05, 0.1) is 5.69 Å². The van der Waals surface area contributed by atoms with Gasteiger partial charge in [-0.05, 0) is 42.5 Å². The molecule has 152 valence electrons. The summed E-state index contributed by atoms with van der Waals surface area (Å²) in [5, 5.41) is 4.23. The Balaban J connectivity index is 0.000000210. The zero-order chi connectivity index (χ0) is 21.1. The first-order chi connectivity index (χ1) is 13.2. The predicted octanol–water partition coefficient (Wildman–Crippen LogP) is 5.66. The van der Waals surface area contributed by atoms with Crippen molar-refractivity contribution in [1.29, 1.82) is 0 Å². The summed E-state index contributed by atoms with van der Waals surface area (Å²) in [5.74, 6) is 2.49. The quantitative estimate of drug-likeness (QED) is 0.587. The maximum atomic E-state index is 4.23. The molecular weight excluding hydrogens is 346 g/mol. The molecule has 0 saturated heterocycles. The van der Waals surface area contributed by atoms with Gasteiger partial charge in [-0.1, -0.05) is 47.6 Å². The number of hydrogen-bond acceptors (Lipinski definition) is 4. The lowest BCUT2D eigenvalue weighted by molar-refractivity contribution is 0.713. The van der Waals surface area contributed by atoms with E-state index in [1.165, 1.54) is 5.56 Å². The summed E-state index contributed by atoms with van der Waals surface area (Å²) < 4.78 is 1.83. The maximum absolute atomic E-state index is 4.23. The van der Waals surface area contributed by atoms with Crippen molar-refractivity contribution in [3.8, 4) is 0 Å². The Morgan fingerprint density at radius 3 is 1.75 bits per heavy atom. The molecule has 5 heteroatoms. The smallest absolute Gasteiger partial charge is 0.130 e. The highest BCUT2D eigenvalue weighted by Gasteiger charge is 1.99. The van der Waals surface area contributed by atoms with Crippen molar-refractivity contribution in [3.63, 3.8) is 0 Å². The van der Waals surface area contributed by atoms with Gasteiger partial charge in [-0.15, -0.1) is 0 Å². The number of aromatic nitrogens is 5. The van der Waals surface area contributed by atoms with Crippen LogP contribution in [0.25, 0.3) is 0 Å². The van der Waals surface area contributed by atoms with Crippen molar-refractivity contribution in [2.24, 2.45) is 7.05 Å². The fourth-order valence-electron chi connectivity index (χ4n) is 2.17. The lowest BCUT2D eigenvalue weighted by Gasteiger charge is -2.02. The molecule has 0 aliphatic carbocycles. The van der Waals surface area contributed by atoms with Crippen LogP contribution >= 0.6 is 0 Å². The van der Waals surface area contributed by atoms with Crippen LogP contribution in [0.4, 0.5) is 0 Å². The lowest BCUT2D eigenvalue weighted by Crippen LogP contribution is -1.93. The average Bonchev–Trinajstić information content (AvgIpc) is 3.11. The Kier molecular flexibility index (Phi) is 10.1. The molecule has 3 aromatic heterocycles. The van der Waals surface area contributed by atoms with Crippen LogP contribution in [-0.2, 0) is 7.05 Å². The molecule has 3 aromatic rings. The largest absolute Gasteiger partial charge is 0.276 e. The minimum atomic E-state index is 0.436. The van der Waals surface area contributed by atoms with Gasteiger partial charge < -0.3 is 0 Å². The zero-order valence-corrected chi connectivity index (χ0v) is 18.6. The second-order valence-corrected chi connectivity index (χ2v) is 7.72. The molecule has 0 amide bonds. The third-order valence-electron chi connectivity index (χ3n) is 4.03. The summed E-state index contributed by atoms with van der Waals surface area (Å²) in [4.78, 5) is 12.3. The van der Waals surface area contributed by atoms with E-state index in [2.05, 4.69) is 73.7 Å². The molecule has 0 aliphatic heterocycles. The van der Waals surface area contributed by atoms with E-state index in [9.17, 15) is 0 Å². The summed E-state index contributed by atoms with van der Waals surface area (Å²) in [6, 6.07) is 8.05.